The monoisotopic (exact) mass is 300 g/mol. The summed E-state index contributed by atoms with van der Waals surface area (Å²) in [7, 11) is 1.61. The van der Waals surface area contributed by atoms with Crippen molar-refractivity contribution < 1.29 is 9.53 Å². The number of aromatic nitrogens is 2. The molecule has 0 saturated heterocycles. The Morgan fingerprint density at radius 1 is 1.33 bits per heavy atom. The number of anilines is 2. The second-order valence-electron chi connectivity index (χ2n) is 4.28. The zero-order valence-corrected chi connectivity index (χ0v) is 12.0. The molecule has 0 atom stereocenters. The van der Waals surface area contributed by atoms with Crippen LogP contribution in [0.3, 0.4) is 0 Å². The summed E-state index contributed by atoms with van der Waals surface area (Å²) >= 11 is 1.37. The van der Waals surface area contributed by atoms with Gasteiger partial charge in [-0.1, -0.05) is 11.3 Å². The van der Waals surface area contributed by atoms with Crippen molar-refractivity contribution >= 4 is 38.3 Å². The van der Waals surface area contributed by atoms with Gasteiger partial charge in [0.2, 0.25) is 0 Å². The van der Waals surface area contributed by atoms with Gasteiger partial charge in [-0.3, -0.25) is 15.1 Å². The van der Waals surface area contributed by atoms with Gasteiger partial charge in [-0.15, -0.1) is 0 Å². The van der Waals surface area contributed by atoms with Crippen LogP contribution in [-0.4, -0.2) is 23.0 Å². The molecule has 0 aliphatic carbocycles. The van der Waals surface area contributed by atoms with Crippen molar-refractivity contribution in [3.05, 3.63) is 42.2 Å². The molecule has 6 nitrogen and oxygen atoms in total. The number of nitrogens with one attached hydrogen (secondary N) is 1. The molecule has 0 unspecified atom stereocenters. The molecule has 0 saturated carbocycles. The molecule has 2 aromatic heterocycles. The summed E-state index contributed by atoms with van der Waals surface area (Å²) in [6, 6.07) is 8.69. The maximum absolute atomic E-state index is 12.1. The van der Waals surface area contributed by atoms with Crippen LogP contribution in [0.1, 0.15) is 10.5 Å². The van der Waals surface area contributed by atoms with Crippen LogP contribution < -0.4 is 15.8 Å². The standard InChI is InChI=1S/C14H12N4O2S/c1-20-9-2-3-10-12(7-9)21-14(17-10)18-13(19)11-6-8(15)4-5-16-11/h2-7H,1H3,(H2,15,16)(H,17,18,19). The van der Waals surface area contributed by atoms with E-state index in [0.717, 1.165) is 16.0 Å². The number of ether oxygens (including phenoxy) is 1. The minimum Gasteiger partial charge on any atom is -0.497 e. The van der Waals surface area contributed by atoms with Gasteiger partial charge in [0.1, 0.15) is 11.4 Å². The van der Waals surface area contributed by atoms with E-state index in [1.165, 1.54) is 23.6 Å². The van der Waals surface area contributed by atoms with Gasteiger partial charge in [0.15, 0.2) is 5.13 Å². The number of amides is 1. The van der Waals surface area contributed by atoms with Crippen LogP contribution in [0.15, 0.2) is 36.5 Å². The SMILES string of the molecule is COc1ccc2nc(NC(=O)c3cc(N)ccn3)sc2c1. The lowest BCUT2D eigenvalue weighted by atomic mass is 10.3. The van der Waals surface area contributed by atoms with Gasteiger partial charge in [0.05, 0.1) is 17.3 Å². The zero-order chi connectivity index (χ0) is 14.8. The summed E-state index contributed by atoms with van der Waals surface area (Å²) in [5.41, 5.74) is 7.18. The summed E-state index contributed by atoms with van der Waals surface area (Å²) in [5.74, 6) is 0.412. The Labute approximate surface area is 124 Å². The first-order valence-corrected chi connectivity index (χ1v) is 6.95. The molecular formula is C14H12N4O2S. The predicted octanol–water partition coefficient (Wildman–Crippen LogP) is 2.53. The number of hydrogen-bond acceptors (Lipinski definition) is 6. The van der Waals surface area contributed by atoms with Gasteiger partial charge < -0.3 is 10.5 Å². The van der Waals surface area contributed by atoms with Crippen molar-refractivity contribution in [2.45, 2.75) is 0 Å². The third-order valence-electron chi connectivity index (χ3n) is 2.83. The Bertz CT molecular complexity index is 816. The first-order chi connectivity index (χ1) is 10.2. The van der Waals surface area contributed by atoms with Crippen molar-refractivity contribution in [2.24, 2.45) is 0 Å². The fourth-order valence-electron chi connectivity index (χ4n) is 1.82. The zero-order valence-electron chi connectivity index (χ0n) is 11.2. The second kappa shape index (κ2) is 5.37. The highest BCUT2D eigenvalue weighted by Crippen LogP contribution is 2.29. The Hall–Kier alpha value is -2.67. The smallest absolute Gasteiger partial charge is 0.276 e. The normalized spacial score (nSPS) is 10.5. The minimum atomic E-state index is -0.340. The lowest BCUT2D eigenvalue weighted by Crippen LogP contribution is -2.13. The van der Waals surface area contributed by atoms with Crippen molar-refractivity contribution in [1.82, 2.24) is 9.97 Å². The van der Waals surface area contributed by atoms with Gasteiger partial charge in [-0.05, 0) is 30.3 Å². The Morgan fingerprint density at radius 3 is 2.95 bits per heavy atom. The van der Waals surface area contributed by atoms with Crippen LogP contribution in [0.25, 0.3) is 10.2 Å². The molecule has 3 N–H and O–H groups in total. The molecular weight excluding hydrogens is 288 g/mol. The average molecular weight is 300 g/mol. The Kier molecular flexibility index (Phi) is 3.41. The van der Waals surface area contributed by atoms with E-state index in [4.69, 9.17) is 10.5 Å². The predicted molar refractivity (Wildman–Crippen MR) is 82.8 cm³/mol. The molecule has 0 fully saturated rings. The maximum Gasteiger partial charge on any atom is 0.276 e. The van der Waals surface area contributed by atoms with Crippen molar-refractivity contribution in [3.63, 3.8) is 0 Å². The Balaban J connectivity index is 1.86. The average Bonchev–Trinajstić information content (AvgIpc) is 2.88. The van der Waals surface area contributed by atoms with E-state index in [-0.39, 0.29) is 11.6 Å². The molecule has 106 valence electrons. The number of thiazole rings is 1. The van der Waals surface area contributed by atoms with Crippen molar-refractivity contribution in [2.75, 3.05) is 18.2 Å². The highest BCUT2D eigenvalue weighted by Gasteiger charge is 2.11. The number of carbonyl (C=O) groups excluding carboxylic acids is 1. The molecule has 0 aliphatic heterocycles. The number of benzene rings is 1. The van der Waals surface area contributed by atoms with E-state index in [1.54, 1.807) is 13.2 Å². The van der Waals surface area contributed by atoms with Crippen LogP contribution in [-0.2, 0) is 0 Å². The summed E-state index contributed by atoms with van der Waals surface area (Å²) in [5, 5.41) is 3.23. The summed E-state index contributed by atoms with van der Waals surface area (Å²) in [6.45, 7) is 0. The third-order valence-corrected chi connectivity index (χ3v) is 3.77. The summed E-state index contributed by atoms with van der Waals surface area (Å²) in [4.78, 5) is 20.4. The lowest BCUT2D eigenvalue weighted by molar-refractivity contribution is 0.102. The highest BCUT2D eigenvalue weighted by atomic mass is 32.1. The third kappa shape index (κ3) is 2.77. The first-order valence-electron chi connectivity index (χ1n) is 6.13. The fourth-order valence-corrected chi connectivity index (χ4v) is 2.71. The molecule has 3 aromatic rings. The largest absolute Gasteiger partial charge is 0.497 e. The molecule has 3 rings (SSSR count). The number of nitrogen functional groups attached to an aromatic ring is 1. The minimum absolute atomic E-state index is 0.256. The van der Waals surface area contributed by atoms with Gasteiger partial charge in [0.25, 0.3) is 5.91 Å². The number of carbonyl (C=O) groups is 1. The van der Waals surface area contributed by atoms with Crippen LogP contribution in [0, 0.1) is 0 Å². The van der Waals surface area contributed by atoms with E-state index >= 15 is 0 Å². The molecule has 0 radical (unpaired) electrons. The van der Waals surface area contributed by atoms with Gasteiger partial charge >= 0.3 is 0 Å². The number of rotatable bonds is 3. The number of nitrogens with two attached hydrogens (primary N) is 1. The van der Waals surface area contributed by atoms with Crippen molar-refractivity contribution in [1.29, 1.82) is 0 Å². The van der Waals surface area contributed by atoms with E-state index < -0.39 is 0 Å². The highest BCUT2D eigenvalue weighted by molar-refractivity contribution is 7.22. The number of nitrogens with zero attached hydrogens (tertiary/aromatic N) is 2. The second-order valence-corrected chi connectivity index (χ2v) is 5.31. The molecule has 1 amide bonds. The molecule has 7 heteroatoms. The summed E-state index contributed by atoms with van der Waals surface area (Å²) < 4.78 is 6.10. The van der Waals surface area contributed by atoms with Crippen molar-refractivity contribution in [3.8, 4) is 5.75 Å². The quantitative estimate of drug-likeness (QED) is 0.775. The molecule has 21 heavy (non-hydrogen) atoms. The number of pyridine rings is 1. The van der Waals surface area contributed by atoms with E-state index in [2.05, 4.69) is 15.3 Å². The lowest BCUT2D eigenvalue weighted by Gasteiger charge is -2.01. The van der Waals surface area contributed by atoms with Crippen LogP contribution in [0.2, 0.25) is 0 Å². The van der Waals surface area contributed by atoms with Gasteiger partial charge in [-0.25, -0.2) is 4.98 Å². The molecule has 0 aliphatic rings. The van der Waals surface area contributed by atoms with Crippen LogP contribution >= 0.6 is 11.3 Å². The van der Waals surface area contributed by atoms with E-state index in [1.807, 2.05) is 18.2 Å². The topological polar surface area (TPSA) is 90.1 Å². The number of hydrogen-bond donors (Lipinski definition) is 2. The molecule has 0 bridgehead atoms. The fraction of sp³-hybridized carbons (Fsp3) is 0.0714. The summed E-state index contributed by atoms with van der Waals surface area (Å²) in [6.07, 6.45) is 1.49. The van der Waals surface area contributed by atoms with Crippen LogP contribution in [0.4, 0.5) is 10.8 Å². The van der Waals surface area contributed by atoms with E-state index in [0.29, 0.717) is 10.8 Å². The molecule has 1 aromatic carbocycles. The first kappa shape index (κ1) is 13.3. The van der Waals surface area contributed by atoms with Gasteiger partial charge in [-0.2, -0.15) is 0 Å². The molecule has 2 heterocycles. The Morgan fingerprint density at radius 2 is 2.19 bits per heavy atom. The maximum atomic E-state index is 12.1. The number of fused-ring (bicyclic) bond motifs is 1. The van der Waals surface area contributed by atoms with E-state index in [9.17, 15) is 4.79 Å². The van der Waals surface area contributed by atoms with Crippen LogP contribution in [0.5, 0.6) is 5.75 Å². The molecule has 0 spiro atoms. The number of methoxy groups -OCH3 is 1. The van der Waals surface area contributed by atoms with Gasteiger partial charge in [0, 0.05) is 11.9 Å².